The monoisotopic (exact) mass is 274 g/mol. The van der Waals surface area contributed by atoms with Crippen LogP contribution in [0.2, 0.25) is 0 Å². The lowest BCUT2D eigenvalue weighted by molar-refractivity contribution is -0.232. The van der Waals surface area contributed by atoms with Crippen LogP contribution in [-0.2, 0) is 9.47 Å². The van der Waals surface area contributed by atoms with Crippen molar-refractivity contribution in [2.75, 3.05) is 0 Å². The lowest BCUT2D eigenvalue weighted by atomic mass is 9.77. The van der Waals surface area contributed by atoms with Gasteiger partial charge in [-0.25, -0.2) is 0 Å². The van der Waals surface area contributed by atoms with Gasteiger partial charge in [-0.05, 0) is 25.7 Å². The molecule has 0 aromatic rings. The Hall–Kier alpha value is -0.240. The molecule has 0 aromatic heterocycles. The summed E-state index contributed by atoms with van der Waals surface area (Å²) in [5.41, 5.74) is 0. The predicted octanol–water partition coefficient (Wildman–Crippen LogP) is -1.22. The largest absolute Gasteiger partial charge is 0.391 e. The van der Waals surface area contributed by atoms with Gasteiger partial charge in [-0.1, -0.05) is 0 Å². The number of rotatable bonds is 4. The molecule has 6 heteroatoms. The van der Waals surface area contributed by atoms with E-state index in [9.17, 15) is 20.4 Å². The van der Waals surface area contributed by atoms with Crippen LogP contribution in [0.1, 0.15) is 26.2 Å². The zero-order chi connectivity index (χ0) is 13.7. The topological polar surface area (TPSA) is 99.4 Å². The average Bonchev–Trinajstić information content (AvgIpc) is 2.78. The molecule has 2 bridgehead atoms. The molecule has 1 aliphatic carbocycles. The maximum atomic E-state index is 10.1. The van der Waals surface area contributed by atoms with Crippen molar-refractivity contribution in [2.24, 2.45) is 5.92 Å². The Bertz CT molecular complexity index is 329. The molecule has 3 aliphatic heterocycles. The highest BCUT2D eigenvalue weighted by Crippen LogP contribution is 2.47. The van der Waals surface area contributed by atoms with Crippen molar-refractivity contribution in [2.45, 2.75) is 75.0 Å². The van der Waals surface area contributed by atoms with Gasteiger partial charge in [0.15, 0.2) is 0 Å². The Labute approximate surface area is 112 Å². The van der Waals surface area contributed by atoms with Crippen LogP contribution in [0.5, 0.6) is 0 Å². The van der Waals surface area contributed by atoms with Gasteiger partial charge in [0.05, 0.1) is 30.5 Å². The van der Waals surface area contributed by atoms with Crippen molar-refractivity contribution in [1.82, 2.24) is 0 Å². The van der Waals surface area contributed by atoms with Gasteiger partial charge in [0, 0.05) is 6.42 Å². The summed E-state index contributed by atoms with van der Waals surface area (Å²) in [4.78, 5) is 0. The highest BCUT2D eigenvalue weighted by Gasteiger charge is 2.54. The van der Waals surface area contributed by atoms with E-state index in [2.05, 4.69) is 0 Å². The second-order valence-electron chi connectivity index (χ2n) is 6.12. The lowest BCUT2D eigenvalue weighted by Crippen LogP contribution is -2.54. The van der Waals surface area contributed by atoms with Crippen molar-refractivity contribution < 1.29 is 29.9 Å². The van der Waals surface area contributed by atoms with Crippen molar-refractivity contribution in [3.8, 4) is 0 Å². The Balaban J connectivity index is 1.61. The van der Waals surface area contributed by atoms with Gasteiger partial charge in [-0.15, -0.1) is 0 Å². The maximum absolute atomic E-state index is 10.1. The maximum Gasteiger partial charge on any atom is 0.111 e. The van der Waals surface area contributed by atoms with Crippen molar-refractivity contribution in [3.05, 3.63) is 0 Å². The Morgan fingerprint density at radius 1 is 0.947 bits per heavy atom. The highest BCUT2D eigenvalue weighted by atomic mass is 16.6. The molecule has 4 rings (SSSR count). The molecule has 0 radical (unpaired) electrons. The first kappa shape index (κ1) is 13.7. The molecule has 0 spiro atoms. The summed E-state index contributed by atoms with van der Waals surface area (Å²) in [6.45, 7) is 1.37. The van der Waals surface area contributed by atoms with Crippen LogP contribution in [0.4, 0.5) is 0 Å². The zero-order valence-electron chi connectivity index (χ0n) is 10.9. The van der Waals surface area contributed by atoms with Gasteiger partial charge < -0.3 is 29.9 Å². The van der Waals surface area contributed by atoms with E-state index in [1.807, 2.05) is 0 Å². The average molecular weight is 274 g/mol. The minimum absolute atomic E-state index is 0.000503. The molecule has 3 heterocycles. The first-order chi connectivity index (χ1) is 8.97. The number of aliphatic hydroxyl groups is 4. The van der Waals surface area contributed by atoms with E-state index in [1.54, 1.807) is 0 Å². The molecule has 6 nitrogen and oxygen atoms in total. The van der Waals surface area contributed by atoms with Crippen LogP contribution in [0.15, 0.2) is 0 Å². The van der Waals surface area contributed by atoms with E-state index < -0.39 is 30.5 Å². The van der Waals surface area contributed by atoms with Gasteiger partial charge in [-0.3, -0.25) is 0 Å². The molecule has 9 unspecified atom stereocenters. The van der Waals surface area contributed by atoms with Crippen LogP contribution < -0.4 is 0 Å². The molecule has 4 N–H and O–H groups in total. The van der Waals surface area contributed by atoms with Crippen LogP contribution in [0.25, 0.3) is 0 Å². The third-order valence-corrected chi connectivity index (χ3v) is 4.70. The SMILES string of the molecule is CC(O)C(O)C(O)C(O)C1CC2CC3CC(O3)C2O1. The van der Waals surface area contributed by atoms with E-state index in [0.29, 0.717) is 18.4 Å². The summed E-state index contributed by atoms with van der Waals surface area (Å²) in [6.07, 6.45) is -2.46. The van der Waals surface area contributed by atoms with Gasteiger partial charge in [0.25, 0.3) is 0 Å². The van der Waals surface area contributed by atoms with E-state index in [0.717, 1.165) is 12.8 Å². The highest BCUT2D eigenvalue weighted by molar-refractivity contribution is 5.02. The smallest absolute Gasteiger partial charge is 0.111 e. The predicted molar refractivity (Wildman–Crippen MR) is 64.4 cm³/mol. The molecule has 4 fully saturated rings. The number of hydrogen-bond donors (Lipinski definition) is 4. The molecular formula is C13H22O6. The third-order valence-electron chi connectivity index (χ3n) is 4.70. The lowest BCUT2D eigenvalue weighted by Gasteiger charge is -2.47. The quantitative estimate of drug-likeness (QED) is 0.513. The van der Waals surface area contributed by atoms with Crippen molar-refractivity contribution in [3.63, 3.8) is 0 Å². The van der Waals surface area contributed by atoms with Crippen molar-refractivity contribution in [1.29, 1.82) is 0 Å². The van der Waals surface area contributed by atoms with E-state index in [4.69, 9.17) is 9.47 Å². The van der Waals surface area contributed by atoms with Crippen LogP contribution in [0.3, 0.4) is 0 Å². The number of hydrogen-bond acceptors (Lipinski definition) is 6. The Kier molecular flexibility index (Phi) is 3.57. The third kappa shape index (κ3) is 2.30. The minimum Gasteiger partial charge on any atom is -0.391 e. The molecule has 0 amide bonds. The Morgan fingerprint density at radius 3 is 2.21 bits per heavy atom. The normalized spacial score (nSPS) is 46.9. The van der Waals surface area contributed by atoms with Crippen LogP contribution in [-0.4, -0.2) is 69.3 Å². The number of ether oxygens (including phenoxy) is 2. The first-order valence-electron chi connectivity index (χ1n) is 7.00. The summed E-state index contributed by atoms with van der Waals surface area (Å²) in [7, 11) is 0. The molecule has 3 saturated heterocycles. The van der Waals surface area contributed by atoms with E-state index >= 15 is 0 Å². The molecule has 9 atom stereocenters. The first-order valence-corrected chi connectivity index (χ1v) is 7.00. The van der Waals surface area contributed by atoms with Gasteiger partial charge in [0.1, 0.15) is 18.3 Å². The minimum atomic E-state index is -1.40. The summed E-state index contributed by atoms with van der Waals surface area (Å²) in [6, 6.07) is 0. The fraction of sp³-hybridized carbons (Fsp3) is 1.00. The molecule has 1 saturated carbocycles. The number of aliphatic hydroxyl groups excluding tert-OH is 4. The fourth-order valence-corrected chi connectivity index (χ4v) is 3.55. The molecule has 110 valence electrons. The summed E-state index contributed by atoms with van der Waals surface area (Å²) < 4.78 is 11.4. The van der Waals surface area contributed by atoms with Gasteiger partial charge in [0.2, 0.25) is 0 Å². The molecule has 0 aromatic carbocycles. The van der Waals surface area contributed by atoms with E-state index in [-0.39, 0.29) is 12.2 Å². The van der Waals surface area contributed by atoms with Crippen LogP contribution in [0, 0.1) is 5.92 Å². The van der Waals surface area contributed by atoms with Gasteiger partial charge in [-0.2, -0.15) is 0 Å². The second kappa shape index (κ2) is 4.95. The van der Waals surface area contributed by atoms with E-state index in [1.165, 1.54) is 6.92 Å². The fourth-order valence-electron chi connectivity index (χ4n) is 3.55. The standard InChI is InChI=1S/C13H22O6/c1-5(14)10(15)12(17)11(16)8-3-6-2-7-4-9(18-7)13(6)19-8/h5-17H,2-4H2,1H3. The summed E-state index contributed by atoms with van der Waals surface area (Å²) >= 11 is 0. The van der Waals surface area contributed by atoms with Gasteiger partial charge >= 0.3 is 0 Å². The second-order valence-corrected chi connectivity index (χ2v) is 6.12. The zero-order valence-corrected chi connectivity index (χ0v) is 10.9. The molecular weight excluding hydrogens is 252 g/mol. The molecule has 4 aliphatic rings. The summed E-state index contributed by atoms with van der Waals surface area (Å²) in [5.74, 6) is 0.369. The van der Waals surface area contributed by atoms with Crippen LogP contribution >= 0.6 is 0 Å². The summed E-state index contributed by atoms with van der Waals surface area (Å²) in [5, 5.41) is 38.8. The molecule has 19 heavy (non-hydrogen) atoms. The Morgan fingerprint density at radius 2 is 1.63 bits per heavy atom. The van der Waals surface area contributed by atoms with Crippen molar-refractivity contribution >= 4 is 0 Å².